The summed E-state index contributed by atoms with van der Waals surface area (Å²) in [6.07, 6.45) is 0. The number of hydrogen-bond acceptors (Lipinski definition) is 3. The van der Waals surface area contributed by atoms with E-state index in [0.717, 1.165) is 37.6 Å². The molecule has 0 spiro atoms. The Morgan fingerprint density at radius 3 is 2.25 bits per heavy atom. The number of halogens is 1. The summed E-state index contributed by atoms with van der Waals surface area (Å²) in [6, 6.07) is 16.3. The molecule has 0 atom stereocenters. The summed E-state index contributed by atoms with van der Waals surface area (Å²) in [4.78, 5) is 18.5. The molecule has 1 aliphatic heterocycles. The van der Waals surface area contributed by atoms with Crippen molar-refractivity contribution in [1.82, 2.24) is 4.90 Å². The summed E-state index contributed by atoms with van der Waals surface area (Å²) >= 11 is 0. The van der Waals surface area contributed by atoms with Crippen molar-refractivity contribution in [3.63, 3.8) is 0 Å². The van der Waals surface area contributed by atoms with Gasteiger partial charge in [-0.2, -0.15) is 0 Å². The molecule has 0 saturated carbocycles. The monoisotopic (exact) mass is 327 g/mol. The molecule has 0 radical (unpaired) electrons. The van der Waals surface area contributed by atoms with Crippen LogP contribution in [0, 0.1) is 5.82 Å². The Hall–Kier alpha value is -2.40. The van der Waals surface area contributed by atoms with Crippen LogP contribution in [0.25, 0.3) is 0 Å². The Balaban J connectivity index is 1.52. The van der Waals surface area contributed by atoms with Crippen LogP contribution in [-0.4, -0.2) is 50.6 Å². The summed E-state index contributed by atoms with van der Waals surface area (Å²) in [5.74, 6) is -0.122. The standard InChI is InChI=1S/C19H22FN3O/c1-21(17-5-3-2-4-6-17)19(24)15-22-11-13-23(14-12-22)18-9-7-16(20)8-10-18/h2-10H,11-15H2,1H3. The van der Waals surface area contributed by atoms with Crippen LogP contribution in [0.15, 0.2) is 54.6 Å². The van der Waals surface area contributed by atoms with Crippen molar-refractivity contribution in [2.75, 3.05) is 49.6 Å². The predicted octanol–water partition coefficient (Wildman–Crippen LogP) is 2.61. The van der Waals surface area contributed by atoms with Gasteiger partial charge in [0, 0.05) is 44.6 Å². The van der Waals surface area contributed by atoms with Crippen LogP contribution < -0.4 is 9.80 Å². The zero-order chi connectivity index (χ0) is 16.9. The molecule has 0 aliphatic carbocycles. The molecule has 1 aliphatic rings. The molecule has 2 aromatic rings. The van der Waals surface area contributed by atoms with Crippen molar-refractivity contribution in [2.24, 2.45) is 0 Å². The molecule has 3 rings (SSSR count). The van der Waals surface area contributed by atoms with Crippen molar-refractivity contribution in [1.29, 1.82) is 0 Å². The molecule has 1 heterocycles. The van der Waals surface area contributed by atoms with E-state index in [2.05, 4.69) is 9.80 Å². The van der Waals surface area contributed by atoms with Crippen LogP contribution in [0.1, 0.15) is 0 Å². The van der Waals surface area contributed by atoms with Crippen LogP contribution in [0.3, 0.4) is 0 Å². The molecule has 1 amide bonds. The van der Waals surface area contributed by atoms with Crippen LogP contribution in [0.4, 0.5) is 15.8 Å². The van der Waals surface area contributed by atoms with Gasteiger partial charge < -0.3 is 9.80 Å². The lowest BCUT2D eigenvalue weighted by Crippen LogP contribution is -2.49. The smallest absolute Gasteiger partial charge is 0.240 e. The fourth-order valence-corrected chi connectivity index (χ4v) is 2.91. The topological polar surface area (TPSA) is 26.8 Å². The molecule has 126 valence electrons. The number of para-hydroxylation sites is 1. The molecule has 24 heavy (non-hydrogen) atoms. The van der Waals surface area contributed by atoms with Gasteiger partial charge in [-0.1, -0.05) is 18.2 Å². The molecule has 5 heteroatoms. The number of carbonyl (C=O) groups excluding carboxylic acids is 1. The van der Waals surface area contributed by atoms with Crippen LogP contribution in [0.5, 0.6) is 0 Å². The lowest BCUT2D eigenvalue weighted by molar-refractivity contribution is -0.119. The SMILES string of the molecule is CN(C(=O)CN1CCN(c2ccc(F)cc2)CC1)c1ccccc1. The van der Waals surface area contributed by atoms with Gasteiger partial charge in [0.15, 0.2) is 0 Å². The van der Waals surface area contributed by atoms with E-state index in [1.165, 1.54) is 12.1 Å². The summed E-state index contributed by atoms with van der Waals surface area (Å²) in [5, 5.41) is 0. The molecule has 2 aromatic carbocycles. The van der Waals surface area contributed by atoms with Crippen molar-refractivity contribution in [2.45, 2.75) is 0 Å². The largest absolute Gasteiger partial charge is 0.369 e. The fraction of sp³-hybridized carbons (Fsp3) is 0.316. The normalized spacial score (nSPS) is 15.3. The quantitative estimate of drug-likeness (QED) is 0.864. The molecule has 0 bridgehead atoms. The van der Waals surface area contributed by atoms with Crippen LogP contribution >= 0.6 is 0 Å². The molecule has 1 fully saturated rings. The van der Waals surface area contributed by atoms with Gasteiger partial charge in [-0.05, 0) is 36.4 Å². The number of hydrogen-bond donors (Lipinski definition) is 0. The number of benzene rings is 2. The highest BCUT2D eigenvalue weighted by molar-refractivity contribution is 5.94. The highest BCUT2D eigenvalue weighted by Gasteiger charge is 2.21. The van der Waals surface area contributed by atoms with Crippen molar-refractivity contribution >= 4 is 17.3 Å². The maximum Gasteiger partial charge on any atom is 0.240 e. The lowest BCUT2D eigenvalue weighted by Gasteiger charge is -2.36. The van der Waals surface area contributed by atoms with Crippen LogP contribution in [0.2, 0.25) is 0 Å². The van der Waals surface area contributed by atoms with E-state index in [1.807, 2.05) is 37.4 Å². The first-order valence-corrected chi connectivity index (χ1v) is 8.18. The number of anilines is 2. The van der Waals surface area contributed by atoms with E-state index in [0.29, 0.717) is 6.54 Å². The molecular weight excluding hydrogens is 305 g/mol. The van der Waals surface area contributed by atoms with E-state index >= 15 is 0 Å². The first-order valence-electron chi connectivity index (χ1n) is 8.18. The summed E-state index contributed by atoms with van der Waals surface area (Å²) < 4.78 is 13.0. The third kappa shape index (κ3) is 3.92. The molecule has 4 nitrogen and oxygen atoms in total. The van der Waals surface area contributed by atoms with Crippen LogP contribution in [-0.2, 0) is 4.79 Å². The number of nitrogens with zero attached hydrogens (tertiary/aromatic N) is 3. The van der Waals surface area contributed by atoms with Crippen molar-refractivity contribution in [3.8, 4) is 0 Å². The maximum atomic E-state index is 13.0. The number of rotatable bonds is 4. The molecule has 0 unspecified atom stereocenters. The average molecular weight is 327 g/mol. The fourth-order valence-electron chi connectivity index (χ4n) is 2.91. The first-order chi connectivity index (χ1) is 11.6. The van der Waals surface area contributed by atoms with Gasteiger partial charge in [0.25, 0.3) is 0 Å². The zero-order valence-corrected chi connectivity index (χ0v) is 13.9. The van der Waals surface area contributed by atoms with E-state index in [1.54, 1.807) is 17.0 Å². The highest BCUT2D eigenvalue weighted by atomic mass is 19.1. The van der Waals surface area contributed by atoms with E-state index in [9.17, 15) is 9.18 Å². The minimum absolute atomic E-state index is 0.0939. The van der Waals surface area contributed by atoms with Gasteiger partial charge in [-0.15, -0.1) is 0 Å². The predicted molar refractivity (Wildman–Crippen MR) is 94.9 cm³/mol. The Bertz CT molecular complexity index is 667. The summed E-state index contributed by atoms with van der Waals surface area (Å²) in [6.45, 7) is 3.75. The minimum Gasteiger partial charge on any atom is -0.369 e. The first kappa shape index (κ1) is 16.5. The third-order valence-electron chi connectivity index (χ3n) is 4.44. The Kier molecular flexibility index (Phi) is 5.11. The second kappa shape index (κ2) is 7.45. The average Bonchev–Trinajstić information content (AvgIpc) is 2.63. The number of carbonyl (C=O) groups is 1. The third-order valence-corrected chi connectivity index (χ3v) is 4.44. The Morgan fingerprint density at radius 1 is 1.00 bits per heavy atom. The van der Waals surface area contributed by atoms with E-state index < -0.39 is 0 Å². The maximum absolute atomic E-state index is 13.0. The molecule has 0 aromatic heterocycles. The van der Waals surface area contributed by atoms with Gasteiger partial charge in [-0.25, -0.2) is 4.39 Å². The van der Waals surface area contributed by atoms with E-state index in [-0.39, 0.29) is 11.7 Å². The van der Waals surface area contributed by atoms with Crippen molar-refractivity contribution in [3.05, 3.63) is 60.4 Å². The highest BCUT2D eigenvalue weighted by Crippen LogP contribution is 2.17. The minimum atomic E-state index is -0.216. The Labute approximate surface area is 142 Å². The van der Waals surface area contributed by atoms with Gasteiger partial charge in [0.2, 0.25) is 5.91 Å². The zero-order valence-electron chi connectivity index (χ0n) is 13.9. The van der Waals surface area contributed by atoms with Gasteiger partial charge in [-0.3, -0.25) is 9.69 Å². The molecule has 1 saturated heterocycles. The number of amides is 1. The number of likely N-dealkylation sites (N-methyl/N-ethyl adjacent to an activating group) is 1. The lowest BCUT2D eigenvalue weighted by atomic mass is 10.2. The molecular formula is C19H22FN3O. The Morgan fingerprint density at radius 2 is 1.62 bits per heavy atom. The van der Waals surface area contributed by atoms with Gasteiger partial charge in [0.1, 0.15) is 5.82 Å². The number of piperazine rings is 1. The summed E-state index contributed by atoms with van der Waals surface area (Å²) in [7, 11) is 1.81. The van der Waals surface area contributed by atoms with Gasteiger partial charge >= 0.3 is 0 Å². The van der Waals surface area contributed by atoms with Crippen molar-refractivity contribution < 1.29 is 9.18 Å². The second-order valence-corrected chi connectivity index (χ2v) is 6.03. The molecule has 0 N–H and O–H groups in total. The van der Waals surface area contributed by atoms with Gasteiger partial charge in [0.05, 0.1) is 6.54 Å². The summed E-state index contributed by atoms with van der Waals surface area (Å²) in [5.41, 5.74) is 1.94. The second-order valence-electron chi connectivity index (χ2n) is 6.03. The van der Waals surface area contributed by atoms with E-state index in [4.69, 9.17) is 0 Å².